The van der Waals surface area contributed by atoms with Gasteiger partial charge in [-0.15, -0.1) is 5.10 Å². The number of H-pyrrole nitrogens is 1. The number of hydrogen-bond donors (Lipinski definition) is 1. The summed E-state index contributed by atoms with van der Waals surface area (Å²) in [5.74, 6) is -1.39. The van der Waals surface area contributed by atoms with Gasteiger partial charge >= 0.3 is 0 Å². The minimum absolute atomic E-state index is 0.163. The number of aryl methyl sites for hydroxylation is 1. The van der Waals surface area contributed by atoms with E-state index in [9.17, 15) is 8.78 Å². The summed E-state index contributed by atoms with van der Waals surface area (Å²) in [6.45, 7) is 4.45. The first kappa shape index (κ1) is 18.6. The largest absolute Gasteiger partial charge is 0.355 e. The van der Waals surface area contributed by atoms with E-state index in [1.807, 2.05) is 36.8 Å². The molecular weight excluding hydrogens is 356 g/mol. The van der Waals surface area contributed by atoms with Crippen molar-refractivity contribution >= 4 is 12.6 Å². The molecule has 0 unspecified atom stereocenters. The summed E-state index contributed by atoms with van der Waals surface area (Å²) in [4.78, 5) is 18.4. The zero-order valence-corrected chi connectivity index (χ0v) is 14.8. The monoisotopic (exact) mass is 375 g/mol. The van der Waals surface area contributed by atoms with Gasteiger partial charge in [-0.2, -0.15) is 5.10 Å². The number of anilines is 1. The number of alkyl halides is 2. The number of nitrogens with zero attached hydrogens (tertiary/aromatic N) is 6. The summed E-state index contributed by atoms with van der Waals surface area (Å²) in [6, 6.07) is 5.63. The first-order chi connectivity index (χ1) is 13.0. The fourth-order valence-electron chi connectivity index (χ4n) is 2.87. The van der Waals surface area contributed by atoms with Crippen molar-refractivity contribution in [2.45, 2.75) is 25.7 Å². The van der Waals surface area contributed by atoms with Crippen LogP contribution < -0.4 is 4.90 Å². The van der Waals surface area contributed by atoms with E-state index in [4.69, 9.17) is 4.79 Å². The molecule has 1 aliphatic rings. The lowest BCUT2D eigenvalue weighted by Crippen LogP contribution is -2.39. The Morgan fingerprint density at radius 2 is 1.93 bits per heavy atom. The molecule has 0 amide bonds. The molecule has 4 heterocycles. The summed E-state index contributed by atoms with van der Waals surface area (Å²) in [6.07, 6.45) is 2.81. The molecule has 1 N–H and O–H groups in total. The predicted octanol–water partition coefficient (Wildman–Crippen LogP) is 2.41. The summed E-state index contributed by atoms with van der Waals surface area (Å²) >= 11 is 0. The molecule has 0 aromatic carbocycles. The average molecular weight is 375 g/mol. The second-order valence-corrected chi connectivity index (χ2v) is 6.13. The topological polar surface area (TPSA) is 92.6 Å². The van der Waals surface area contributed by atoms with Crippen molar-refractivity contribution in [1.82, 2.24) is 29.9 Å². The molecule has 8 nitrogen and oxygen atoms in total. The number of carbonyl (C=O) groups is 1. The van der Waals surface area contributed by atoms with E-state index in [0.717, 1.165) is 11.4 Å². The van der Waals surface area contributed by atoms with Crippen LogP contribution in [-0.4, -0.2) is 55.7 Å². The van der Waals surface area contributed by atoms with Crippen LogP contribution in [0, 0.1) is 6.92 Å². The highest BCUT2D eigenvalue weighted by Crippen LogP contribution is 2.32. The van der Waals surface area contributed by atoms with Gasteiger partial charge in [0.2, 0.25) is 0 Å². The molecule has 0 spiro atoms. The molecule has 0 radical (unpaired) electrons. The molecule has 0 atom stereocenters. The lowest BCUT2D eigenvalue weighted by Gasteiger charge is -2.31. The summed E-state index contributed by atoms with van der Waals surface area (Å²) in [5.41, 5.74) is 2.37. The third-order valence-electron chi connectivity index (χ3n) is 4.31. The van der Waals surface area contributed by atoms with Crippen molar-refractivity contribution in [3.8, 4) is 17.2 Å². The van der Waals surface area contributed by atoms with Gasteiger partial charge in [-0.05, 0) is 19.1 Å². The highest BCUT2D eigenvalue weighted by Gasteiger charge is 2.35. The second kappa shape index (κ2) is 7.60. The van der Waals surface area contributed by atoms with Gasteiger partial charge in [0.05, 0.1) is 11.9 Å². The molecule has 0 bridgehead atoms. The molecule has 4 rings (SSSR count). The zero-order valence-electron chi connectivity index (χ0n) is 14.8. The predicted molar refractivity (Wildman–Crippen MR) is 95.0 cm³/mol. The van der Waals surface area contributed by atoms with Crippen molar-refractivity contribution in [3.63, 3.8) is 0 Å². The number of rotatable bonds is 3. The van der Waals surface area contributed by atoms with Crippen LogP contribution in [0.5, 0.6) is 0 Å². The van der Waals surface area contributed by atoms with Crippen molar-refractivity contribution < 1.29 is 13.6 Å². The number of nitrogens with one attached hydrogen (secondary N) is 1. The number of halogens is 2. The number of pyridine rings is 1. The van der Waals surface area contributed by atoms with Crippen LogP contribution in [0.25, 0.3) is 17.2 Å². The van der Waals surface area contributed by atoms with Crippen LogP contribution >= 0.6 is 0 Å². The summed E-state index contributed by atoms with van der Waals surface area (Å²) in [7, 11) is 0. The first-order valence-electron chi connectivity index (χ1n) is 8.32. The molecule has 27 heavy (non-hydrogen) atoms. The Balaban J connectivity index is 0.00000102. The molecule has 1 fully saturated rings. The third kappa shape index (κ3) is 3.99. The molecule has 142 valence electrons. The highest BCUT2D eigenvalue weighted by molar-refractivity contribution is 5.60. The van der Waals surface area contributed by atoms with E-state index in [-0.39, 0.29) is 25.9 Å². The van der Waals surface area contributed by atoms with Crippen LogP contribution in [-0.2, 0) is 4.79 Å². The van der Waals surface area contributed by atoms with Crippen LogP contribution in [0.1, 0.15) is 18.5 Å². The maximum absolute atomic E-state index is 13.4. The Morgan fingerprint density at radius 1 is 1.19 bits per heavy atom. The molecule has 10 heteroatoms. The number of hydrogen-bond acceptors (Lipinski definition) is 6. The SMILES string of the molecule is C=O.Cc1ccc(-n2nc(N3CCC(F)(F)CC3)cc2-c2ncn[nH]2)cn1. The van der Waals surface area contributed by atoms with Gasteiger partial charge in [0, 0.05) is 37.7 Å². The summed E-state index contributed by atoms with van der Waals surface area (Å²) in [5, 5.41) is 11.3. The Morgan fingerprint density at radius 3 is 2.52 bits per heavy atom. The molecule has 1 aliphatic heterocycles. The number of carbonyl (C=O) groups excluding carboxylic acids is 1. The lowest BCUT2D eigenvalue weighted by atomic mass is 10.1. The number of aromatic amines is 1. The van der Waals surface area contributed by atoms with Gasteiger partial charge in [0.1, 0.15) is 18.8 Å². The molecule has 0 aliphatic carbocycles. The average Bonchev–Trinajstić information content (AvgIpc) is 3.34. The van der Waals surface area contributed by atoms with Gasteiger partial charge in [-0.3, -0.25) is 10.1 Å². The molecule has 3 aromatic heterocycles. The Bertz CT molecular complexity index is 867. The third-order valence-corrected chi connectivity index (χ3v) is 4.31. The number of piperidine rings is 1. The lowest BCUT2D eigenvalue weighted by molar-refractivity contribution is -0.0980. The van der Waals surface area contributed by atoms with E-state index < -0.39 is 5.92 Å². The smallest absolute Gasteiger partial charge is 0.251 e. The van der Waals surface area contributed by atoms with E-state index in [2.05, 4.69) is 25.3 Å². The van der Waals surface area contributed by atoms with Crippen molar-refractivity contribution in [2.75, 3.05) is 18.0 Å². The fourth-order valence-corrected chi connectivity index (χ4v) is 2.87. The van der Waals surface area contributed by atoms with Gasteiger partial charge in [-0.1, -0.05) is 0 Å². The van der Waals surface area contributed by atoms with E-state index >= 15 is 0 Å². The maximum Gasteiger partial charge on any atom is 0.251 e. The van der Waals surface area contributed by atoms with Gasteiger partial charge < -0.3 is 9.69 Å². The van der Waals surface area contributed by atoms with E-state index in [0.29, 0.717) is 17.3 Å². The number of aromatic nitrogens is 6. The standard InChI is InChI=1S/C16H17F2N7.CH2O/c1-11-2-3-12(9-19-11)25-13(15-20-10-21-22-15)8-14(23-25)24-6-4-16(17,18)5-7-24;1-2/h2-3,8-10H,4-7H2,1H3,(H,20,21,22);1H2. The van der Waals surface area contributed by atoms with Crippen LogP contribution in [0.15, 0.2) is 30.7 Å². The van der Waals surface area contributed by atoms with Crippen LogP contribution in [0.2, 0.25) is 0 Å². The van der Waals surface area contributed by atoms with Gasteiger partial charge in [0.15, 0.2) is 11.6 Å². The molecule has 1 saturated heterocycles. The van der Waals surface area contributed by atoms with Crippen molar-refractivity contribution in [3.05, 3.63) is 36.4 Å². The van der Waals surface area contributed by atoms with Crippen LogP contribution in [0.3, 0.4) is 0 Å². The highest BCUT2D eigenvalue weighted by atomic mass is 19.3. The second-order valence-electron chi connectivity index (χ2n) is 6.13. The Labute approximate surface area is 154 Å². The van der Waals surface area contributed by atoms with E-state index in [1.54, 1.807) is 10.9 Å². The molecule has 3 aromatic rings. The summed E-state index contributed by atoms with van der Waals surface area (Å²) < 4.78 is 28.5. The fraction of sp³-hybridized carbons (Fsp3) is 0.353. The van der Waals surface area contributed by atoms with Crippen LogP contribution in [0.4, 0.5) is 14.6 Å². The first-order valence-corrected chi connectivity index (χ1v) is 8.32. The quantitative estimate of drug-likeness (QED) is 0.756. The van der Waals surface area contributed by atoms with E-state index in [1.165, 1.54) is 6.33 Å². The van der Waals surface area contributed by atoms with Crippen molar-refractivity contribution in [2.24, 2.45) is 0 Å². The van der Waals surface area contributed by atoms with Gasteiger partial charge in [-0.25, -0.2) is 18.4 Å². The minimum atomic E-state index is -2.59. The zero-order chi connectivity index (χ0) is 19.4. The normalized spacial score (nSPS) is 15.9. The van der Waals surface area contributed by atoms with Gasteiger partial charge in [0.25, 0.3) is 5.92 Å². The minimum Gasteiger partial charge on any atom is -0.355 e. The maximum atomic E-state index is 13.4. The van der Waals surface area contributed by atoms with Crippen molar-refractivity contribution in [1.29, 1.82) is 0 Å². The Kier molecular flexibility index (Phi) is 5.24. The Hall–Kier alpha value is -3.17. The molecular formula is C17H19F2N7O. The molecule has 0 saturated carbocycles.